The fourth-order valence-corrected chi connectivity index (χ4v) is 5.12. The highest BCUT2D eigenvalue weighted by Gasteiger charge is 2.45. The number of nitrogens with one attached hydrogen (secondary N) is 1. The predicted molar refractivity (Wildman–Crippen MR) is 141 cm³/mol. The van der Waals surface area contributed by atoms with Gasteiger partial charge in [-0.2, -0.15) is 0 Å². The van der Waals surface area contributed by atoms with E-state index in [-0.39, 0.29) is 11.8 Å². The van der Waals surface area contributed by atoms with Crippen LogP contribution in [-0.2, 0) is 16.1 Å². The fraction of sp³-hybridized carbons (Fsp3) is 0.222. The van der Waals surface area contributed by atoms with E-state index in [0.717, 1.165) is 11.1 Å². The minimum atomic E-state index is -1.04. The van der Waals surface area contributed by atoms with E-state index in [4.69, 9.17) is 0 Å². The van der Waals surface area contributed by atoms with Crippen molar-refractivity contribution in [3.05, 3.63) is 84.7 Å². The number of rotatable bonds is 6. The molecule has 2 amide bonds. The van der Waals surface area contributed by atoms with Crippen LogP contribution in [0.1, 0.15) is 26.3 Å². The van der Waals surface area contributed by atoms with Crippen LogP contribution in [0.5, 0.6) is 0 Å². The maximum atomic E-state index is 13.8. The lowest BCUT2D eigenvalue weighted by atomic mass is 9.96. The Labute approximate surface area is 213 Å². The summed E-state index contributed by atoms with van der Waals surface area (Å²) in [6.45, 7) is 5.90. The zero-order chi connectivity index (χ0) is 25.3. The van der Waals surface area contributed by atoms with Crippen molar-refractivity contribution in [1.82, 2.24) is 19.7 Å². The number of hydrogen-bond acceptors (Lipinski definition) is 6. The van der Waals surface area contributed by atoms with Gasteiger partial charge < -0.3 is 5.32 Å². The molecule has 1 N–H and O–H groups in total. The van der Waals surface area contributed by atoms with E-state index >= 15 is 0 Å². The van der Waals surface area contributed by atoms with Gasteiger partial charge in [0.15, 0.2) is 11.0 Å². The highest BCUT2D eigenvalue weighted by Crippen LogP contribution is 2.39. The van der Waals surface area contributed by atoms with Gasteiger partial charge >= 0.3 is 0 Å². The average molecular weight is 499 g/mol. The summed E-state index contributed by atoms with van der Waals surface area (Å²) in [6.07, 6.45) is 3.44. The van der Waals surface area contributed by atoms with E-state index in [2.05, 4.69) is 20.5 Å². The monoisotopic (exact) mass is 498 g/mol. The lowest BCUT2D eigenvalue weighted by molar-refractivity contribution is -0.126. The van der Waals surface area contributed by atoms with Gasteiger partial charge in [0.1, 0.15) is 5.54 Å². The van der Waals surface area contributed by atoms with Crippen molar-refractivity contribution in [2.75, 3.05) is 10.2 Å². The van der Waals surface area contributed by atoms with Gasteiger partial charge in [0.2, 0.25) is 11.8 Å². The van der Waals surface area contributed by atoms with Gasteiger partial charge in [0.05, 0.1) is 23.2 Å². The molecule has 4 aromatic rings. The summed E-state index contributed by atoms with van der Waals surface area (Å²) in [7, 11) is 0. The van der Waals surface area contributed by atoms with Crippen molar-refractivity contribution in [2.45, 2.75) is 43.3 Å². The Morgan fingerprint density at radius 3 is 2.44 bits per heavy atom. The van der Waals surface area contributed by atoms with E-state index in [1.165, 1.54) is 11.8 Å². The van der Waals surface area contributed by atoms with Crippen LogP contribution in [0, 0.1) is 0 Å². The third-order valence-corrected chi connectivity index (χ3v) is 7.27. The molecule has 0 radical (unpaired) electrons. The van der Waals surface area contributed by atoms with E-state index in [0.29, 0.717) is 28.9 Å². The molecule has 0 fully saturated rings. The van der Waals surface area contributed by atoms with Gasteiger partial charge in [-0.3, -0.25) is 24.0 Å². The van der Waals surface area contributed by atoms with E-state index in [1.54, 1.807) is 37.2 Å². The van der Waals surface area contributed by atoms with Crippen molar-refractivity contribution >= 4 is 35.0 Å². The van der Waals surface area contributed by atoms with Gasteiger partial charge in [0, 0.05) is 18.0 Å². The highest BCUT2D eigenvalue weighted by atomic mass is 32.2. The highest BCUT2D eigenvalue weighted by molar-refractivity contribution is 8.00. The zero-order valence-electron chi connectivity index (χ0n) is 20.3. The number of aromatic nitrogens is 4. The predicted octanol–water partition coefficient (Wildman–Crippen LogP) is 4.63. The number of hydrogen-bond donors (Lipinski definition) is 1. The van der Waals surface area contributed by atoms with E-state index in [9.17, 15) is 9.59 Å². The van der Waals surface area contributed by atoms with Crippen LogP contribution >= 0.6 is 11.8 Å². The molecule has 0 saturated carbocycles. The van der Waals surface area contributed by atoms with E-state index < -0.39 is 10.8 Å². The van der Waals surface area contributed by atoms with Crippen LogP contribution in [0.15, 0.2) is 84.3 Å². The Morgan fingerprint density at radius 1 is 1.00 bits per heavy atom. The molecule has 36 heavy (non-hydrogen) atoms. The number of pyridine rings is 1. The Morgan fingerprint density at radius 2 is 1.69 bits per heavy atom. The molecule has 182 valence electrons. The minimum Gasteiger partial charge on any atom is -0.322 e. The number of anilines is 2. The Bertz CT molecular complexity index is 1400. The molecule has 1 atom stereocenters. The standard InChI is InChI=1S/C27H26N6O2S/c1-18(24(34)33-22-12-8-7-11-21(22)29-25(35)27(33,2)3)36-26-31-30-23(20-13-15-28-16-14-20)32(26)17-19-9-5-4-6-10-19/h4-16,18H,17H2,1-3H3,(H,29,35). The lowest BCUT2D eigenvalue weighted by Gasteiger charge is -2.43. The molecule has 3 heterocycles. The summed E-state index contributed by atoms with van der Waals surface area (Å²) in [5, 5.41) is 11.9. The maximum absolute atomic E-state index is 13.8. The largest absolute Gasteiger partial charge is 0.322 e. The SMILES string of the molecule is CC(Sc1nnc(-c2ccncc2)n1Cc1ccccc1)C(=O)N1c2ccccc2NC(=O)C1(C)C. The van der Waals surface area contributed by atoms with Gasteiger partial charge in [-0.1, -0.05) is 54.2 Å². The van der Waals surface area contributed by atoms with Crippen LogP contribution in [-0.4, -0.2) is 42.4 Å². The number of para-hydroxylation sites is 2. The average Bonchev–Trinajstić information content (AvgIpc) is 3.27. The Balaban J connectivity index is 1.48. The summed E-state index contributed by atoms with van der Waals surface area (Å²) >= 11 is 1.33. The van der Waals surface area contributed by atoms with Gasteiger partial charge in [-0.15, -0.1) is 10.2 Å². The van der Waals surface area contributed by atoms with Crippen LogP contribution in [0.2, 0.25) is 0 Å². The first-order valence-corrected chi connectivity index (χ1v) is 12.5. The third-order valence-electron chi connectivity index (χ3n) is 6.20. The molecule has 0 saturated heterocycles. The lowest BCUT2D eigenvalue weighted by Crippen LogP contribution is -2.60. The molecule has 0 spiro atoms. The number of benzene rings is 2. The van der Waals surface area contributed by atoms with Gasteiger partial charge in [0.25, 0.3) is 0 Å². The topological polar surface area (TPSA) is 93.0 Å². The van der Waals surface area contributed by atoms with Gasteiger partial charge in [-0.05, 0) is 50.6 Å². The molecule has 8 nitrogen and oxygen atoms in total. The molecule has 1 aliphatic rings. The molecule has 1 aliphatic heterocycles. The number of thioether (sulfide) groups is 1. The first-order valence-electron chi connectivity index (χ1n) is 11.6. The van der Waals surface area contributed by atoms with Crippen molar-refractivity contribution in [1.29, 1.82) is 0 Å². The van der Waals surface area contributed by atoms with Crippen molar-refractivity contribution < 1.29 is 9.59 Å². The number of carbonyl (C=O) groups is 2. The number of nitrogens with zero attached hydrogens (tertiary/aromatic N) is 5. The molecule has 9 heteroatoms. The summed E-state index contributed by atoms with van der Waals surface area (Å²) in [5.74, 6) is 0.303. The summed E-state index contributed by atoms with van der Waals surface area (Å²) in [5.41, 5.74) is 2.25. The maximum Gasteiger partial charge on any atom is 0.250 e. The summed E-state index contributed by atoms with van der Waals surface area (Å²) in [6, 6.07) is 21.2. The second kappa shape index (κ2) is 9.58. The molecule has 0 bridgehead atoms. The van der Waals surface area contributed by atoms with Crippen LogP contribution in [0.25, 0.3) is 11.4 Å². The fourth-order valence-electron chi connectivity index (χ4n) is 4.24. The smallest absolute Gasteiger partial charge is 0.250 e. The minimum absolute atomic E-state index is 0.174. The van der Waals surface area contributed by atoms with Gasteiger partial charge in [-0.25, -0.2) is 0 Å². The molecule has 2 aromatic carbocycles. The zero-order valence-corrected chi connectivity index (χ0v) is 21.1. The van der Waals surface area contributed by atoms with Crippen LogP contribution < -0.4 is 10.2 Å². The van der Waals surface area contributed by atoms with E-state index in [1.807, 2.05) is 72.2 Å². The first-order chi connectivity index (χ1) is 17.4. The second-order valence-electron chi connectivity index (χ2n) is 9.08. The third kappa shape index (κ3) is 4.37. The van der Waals surface area contributed by atoms with Crippen molar-refractivity contribution in [3.8, 4) is 11.4 Å². The Hall–Kier alpha value is -3.98. The van der Waals surface area contributed by atoms with Crippen molar-refractivity contribution in [3.63, 3.8) is 0 Å². The van der Waals surface area contributed by atoms with Crippen molar-refractivity contribution in [2.24, 2.45) is 0 Å². The molecular weight excluding hydrogens is 472 g/mol. The first kappa shape index (κ1) is 23.7. The number of amides is 2. The second-order valence-corrected chi connectivity index (χ2v) is 10.4. The van der Waals surface area contributed by atoms with Crippen LogP contribution in [0.3, 0.4) is 0 Å². The van der Waals surface area contributed by atoms with Crippen LogP contribution in [0.4, 0.5) is 11.4 Å². The molecule has 0 aliphatic carbocycles. The summed E-state index contributed by atoms with van der Waals surface area (Å²) < 4.78 is 2.01. The molecule has 1 unspecified atom stereocenters. The molecular formula is C27H26N6O2S. The Kier molecular flexibility index (Phi) is 6.32. The normalized spacial score (nSPS) is 15.2. The number of fused-ring (bicyclic) bond motifs is 1. The number of carbonyl (C=O) groups excluding carboxylic acids is 2. The molecule has 5 rings (SSSR count). The quantitative estimate of drug-likeness (QED) is 0.390. The summed E-state index contributed by atoms with van der Waals surface area (Å²) in [4.78, 5) is 32.4. The molecule has 2 aromatic heterocycles.